The first-order chi connectivity index (χ1) is 12.7. The summed E-state index contributed by atoms with van der Waals surface area (Å²) in [7, 11) is 0. The highest BCUT2D eigenvalue weighted by Gasteiger charge is 2.61. The van der Waals surface area contributed by atoms with Crippen molar-refractivity contribution < 1.29 is 14.3 Å². The predicted molar refractivity (Wildman–Crippen MR) is 100.0 cm³/mol. The number of ether oxygens (including phenoxy) is 1. The van der Waals surface area contributed by atoms with Crippen LogP contribution in [-0.2, 0) is 16.1 Å². The molecule has 3 fully saturated rings. The molecule has 2 saturated heterocycles. The fourth-order valence-electron chi connectivity index (χ4n) is 5.51. The second kappa shape index (κ2) is 6.24. The lowest BCUT2D eigenvalue weighted by molar-refractivity contribution is -0.135. The number of hydrogen-bond donors (Lipinski definition) is 0. The maximum atomic E-state index is 13.1. The van der Waals surface area contributed by atoms with Gasteiger partial charge in [-0.3, -0.25) is 9.48 Å². The van der Waals surface area contributed by atoms with Crippen LogP contribution in [0.2, 0.25) is 0 Å². The number of hydrogen-bond acceptors (Lipinski definition) is 4. The van der Waals surface area contributed by atoms with Gasteiger partial charge >= 0.3 is 6.09 Å². The van der Waals surface area contributed by atoms with Crippen LogP contribution in [0.15, 0.2) is 18.5 Å². The first kappa shape index (κ1) is 18.3. The van der Waals surface area contributed by atoms with Gasteiger partial charge in [0.25, 0.3) is 0 Å². The normalized spacial score (nSPS) is 32.5. The Morgan fingerprint density at radius 2 is 2.00 bits per heavy atom. The Labute approximate surface area is 160 Å². The molecule has 1 aromatic rings. The third-order valence-electron chi connectivity index (χ3n) is 6.44. The largest absolute Gasteiger partial charge is 0.444 e. The van der Waals surface area contributed by atoms with E-state index in [0.29, 0.717) is 6.54 Å². The standard InChI is InChI=1S/C20H30N4O3/c1-19(2,3)27-18(26)23-12-14-11-20(4)15(23)7-5-8-16(20)24(14)17(25)13-22-10-6-9-21-22/h6,9-10,14-16H,5,7-8,11-13H2,1-4H3/t14-,15+,16-,20+/m0/s1. The van der Waals surface area contributed by atoms with Crippen molar-refractivity contribution in [3.05, 3.63) is 18.5 Å². The van der Waals surface area contributed by atoms with Gasteiger partial charge in [0.15, 0.2) is 0 Å². The van der Waals surface area contributed by atoms with Crippen LogP contribution in [0, 0.1) is 5.41 Å². The van der Waals surface area contributed by atoms with Gasteiger partial charge in [0.2, 0.25) is 5.91 Å². The first-order valence-electron chi connectivity index (χ1n) is 9.97. The quantitative estimate of drug-likeness (QED) is 0.798. The summed E-state index contributed by atoms with van der Waals surface area (Å²) < 4.78 is 7.37. The molecule has 0 aromatic carbocycles. The number of fused-ring (bicyclic) bond motifs is 1. The molecular weight excluding hydrogens is 344 g/mol. The molecule has 4 atom stereocenters. The Hall–Kier alpha value is -2.05. The molecule has 3 heterocycles. The number of aromatic nitrogens is 2. The zero-order valence-corrected chi connectivity index (χ0v) is 16.7. The van der Waals surface area contributed by atoms with Crippen molar-refractivity contribution >= 4 is 12.0 Å². The maximum absolute atomic E-state index is 13.1. The molecular formula is C20H30N4O3. The molecule has 27 heavy (non-hydrogen) atoms. The van der Waals surface area contributed by atoms with E-state index in [4.69, 9.17) is 4.74 Å². The summed E-state index contributed by atoms with van der Waals surface area (Å²) in [4.78, 5) is 30.0. The highest BCUT2D eigenvalue weighted by molar-refractivity contribution is 5.78. The molecule has 7 heteroatoms. The SMILES string of the molecule is CC(C)(C)OC(=O)N1C[C@@H]2C[C@@]3(C)[C@H](CCC[C@@H]13)N2C(=O)Cn1cccn1. The van der Waals surface area contributed by atoms with Gasteiger partial charge in [-0.2, -0.15) is 5.10 Å². The number of rotatable bonds is 2. The van der Waals surface area contributed by atoms with Gasteiger partial charge in [-0.15, -0.1) is 0 Å². The molecule has 4 rings (SSSR count). The molecule has 2 aliphatic heterocycles. The number of nitrogens with zero attached hydrogens (tertiary/aromatic N) is 4. The molecule has 0 unspecified atom stereocenters. The van der Waals surface area contributed by atoms with Crippen LogP contribution in [0.4, 0.5) is 4.79 Å². The number of carbonyl (C=O) groups excluding carboxylic acids is 2. The average molecular weight is 374 g/mol. The monoisotopic (exact) mass is 374 g/mol. The van der Waals surface area contributed by atoms with Crippen LogP contribution in [0.25, 0.3) is 0 Å². The van der Waals surface area contributed by atoms with Crippen molar-refractivity contribution in [2.45, 2.75) is 83.6 Å². The minimum atomic E-state index is -0.516. The number of amides is 2. The predicted octanol–water partition coefficient (Wildman–Crippen LogP) is 2.66. The molecule has 0 N–H and O–H groups in total. The third-order valence-corrected chi connectivity index (χ3v) is 6.44. The summed E-state index contributed by atoms with van der Waals surface area (Å²) in [6.07, 6.45) is 7.26. The Bertz CT molecular complexity index is 726. The fraction of sp³-hybridized carbons (Fsp3) is 0.750. The van der Waals surface area contributed by atoms with Crippen LogP contribution < -0.4 is 0 Å². The summed E-state index contributed by atoms with van der Waals surface area (Å²) in [5.41, 5.74) is -0.573. The molecule has 2 amide bonds. The summed E-state index contributed by atoms with van der Waals surface area (Å²) in [6, 6.07) is 2.23. The molecule has 0 radical (unpaired) electrons. The molecule has 1 aliphatic carbocycles. The Kier molecular flexibility index (Phi) is 4.24. The zero-order chi connectivity index (χ0) is 19.4. The van der Waals surface area contributed by atoms with Crippen molar-refractivity contribution in [2.75, 3.05) is 6.54 Å². The van der Waals surface area contributed by atoms with Gasteiger partial charge < -0.3 is 14.5 Å². The van der Waals surface area contributed by atoms with E-state index < -0.39 is 5.60 Å². The Morgan fingerprint density at radius 3 is 2.67 bits per heavy atom. The van der Waals surface area contributed by atoms with Crippen molar-refractivity contribution in [1.82, 2.24) is 19.6 Å². The molecule has 1 aromatic heterocycles. The first-order valence-corrected chi connectivity index (χ1v) is 9.97. The van der Waals surface area contributed by atoms with Crippen LogP contribution in [0.5, 0.6) is 0 Å². The topological polar surface area (TPSA) is 67.7 Å². The van der Waals surface area contributed by atoms with E-state index >= 15 is 0 Å². The number of carbonyl (C=O) groups is 2. The minimum absolute atomic E-state index is 0.0577. The van der Waals surface area contributed by atoms with Gasteiger partial charge in [0.1, 0.15) is 12.1 Å². The van der Waals surface area contributed by atoms with Gasteiger partial charge in [0, 0.05) is 36.4 Å². The number of piperidine rings is 1. The second-order valence-corrected chi connectivity index (χ2v) is 9.46. The third kappa shape index (κ3) is 3.11. The summed E-state index contributed by atoms with van der Waals surface area (Å²) in [5, 5.41) is 4.18. The molecule has 1 saturated carbocycles. The highest BCUT2D eigenvalue weighted by Crippen LogP contribution is 2.54. The summed E-state index contributed by atoms with van der Waals surface area (Å²) >= 11 is 0. The van der Waals surface area contributed by atoms with Gasteiger partial charge in [-0.1, -0.05) is 6.92 Å². The zero-order valence-electron chi connectivity index (χ0n) is 16.7. The lowest BCUT2D eigenvalue weighted by atomic mass is 9.66. The van der Waals surface area contributed by atoms with E-state index in [0.717, 1.165) is 25.7 Å². The summed E-state index contributed by atoms with van der Waals surface area (Å²) in [6.45, 7) is 8.77. The molecule has 0 spiro atoms. The van der Waals surface area contributed by atoms with E-state index in [1.807, 2.05) is 37.9 Å². The summed E-state index contributed by atoms with van der Waals surface area (Å²) in [5.74, 6) is 0.101. The van der Waals surface area contributed by atoms with Gasteiger partial charge in [0.05, 0.1) is 6.04 Å². The van der Waals surface area contributed by atoms with Crippen LogP contribution in [0.1, 0.15) is 53.4 Å². The van der Waals surface area contributed by atoms with Crippen molar-refractivity contribution in [2.24, 2.45) is 5.41 Å². The van der Waals surface area contributed by atoms with Crippen molar-refractivity contribution in [1.29, 1.82) is 0 Å². The highest BCUT2D eigenvalue weighted by atomic mass is 16.6. The van der Waals surface area contributed by atoms with E-state index in [2.05, 4.69) is 16.9 Å². The van der Waals surface area contributed by atoms with E-state index in [-0.39, 0.29) is 42.1 Å². The van der Waals surface area contributed by atoms with Crippen molar-refractivity contribution in [3.63, 3.8) is 0 Å². The minimum Gasteiger partial charge on any atom is -0.444 e. The lowest BCUT2D eigenvalue weighted by Crippen LogP contribution is -2.58. The Morgan fingerprint density at radius 1 is 1.26 bits per heavy atom. The van der Waals surface area contributed by atoms with E-state index in [1.54, 1.807) is 10.9 Å². The fourth-order valence-corrected chi connectivity index (χ4v) is 5.51. The van der Waals surface area contributed by atoms with E-state index in [9.17, 15) is 9.59 Å². The lowest BCUT2D eigenvalue weighted by Gasteiger charge is -2.49. The van der Waals surface area contributed by atoms with Crippen LogP contribution >= 0.6 is 0 Å². The van der Waals surface area contributed by atoms with Crippen LogP contribution in [-0.4, -0.2) is 61.9 Å². The molecule has 3 aliphatic rings. The van der Waals surface area contributed by atoms with E-state index in [1.165, 1.54) is 0 Å². The average Bonchev–Trinajstić information content (AvgIpc) is 3.15. The smallest absolute Gasteiger partial charge is 0.410 e. The molecule has 7 nitrogen and oxygen atoms in total. The second-order valence-electron chi connectivity index (χ2n) is 9.46. The van der Waals surface area contributed by atoms with Gasteiger partial charge in [-0.25, -0.2) is 4.79 Å². The maximum Gasteiger partial charge on any atom is 0.410 e. The van der Waals surface area contributed by atoms with Crippen LogP contribution in [0.3, 0.4) is 0 Å². The molecule has 2 bridgehead atoms. The van der Waals surface area contributed by atoms with Gasteiger partial charge in [-0.05, 0) is 52.5 Å². The molecule has 148 valence electrons. The number of likely N-dealkylation sites (tertiary alicyclic amines) is 2. The Balaban J connectivity index is 1.60. The van der Waals surface area contributed by atoms with Crippen molar-refractivity contribution in [3.8, 4) is 0 Å².